The number of halogens is 1. The zero-order valence-corrected chi connectivity index (χ0v) is 19.8. The summed E-state index contributed by atoms with van der Waals surface area (Å²) in [5.74, 6) is -0.396. The first kappa shape index (κ1) is 22.3. The minimum Gasteiger partial charge on any atom is -0.334 e. The van der Waals surface area contributed by atoms with Crippen LogP contribution < -0.4 is 4.90 Å². The summed E-state index contributed by atoms with van der Waals surface area (Å²) in [6.45, 7) is 1.70. The van der Waals surface area contributed by atoms with E-state index in [2.05, 4.69) is 17.2 Å². The van der Waals surface area contributed by atoms with Gasteiger partial charge < -0.3 is 9.80 Å². The van der Waals surface area contributed by atoms with Crippen molar-refractivity contribution in [2.24, 2.45) is 0 Å². The molecule has 1 atom stereocenters. The average Bonchev–Trinajstić information content (AvgIpc) is 3.64. The van der Waals surface area contributed by atoms with Gasteiger partial charge in [-0.15, -0.1) is 0 Å². The summed E-state index contributed by atoms with van der Waals surface area (Å²) in [7, 11) is 0. The molecule has 7 nitrogen and oxygen atoms in total. The number of hydrogen-bond acceptors (Lipinski definition) is 3. The second-order valence-corrected chi connectivity index (χ2v) is 9.23. The molecule has 3 aromatic carbocycles. The van der Waals surface area contributed by atoms with Crippen LogP contribution in [-0.4, -0.2) is 57.7 Å². The van der Waals surface area contributed by atoms with Crippen LogP contribution in [0.4, 0.5) is 14.9 Å². The van der Waals surface area contributed by atoms with Gasteiger partial charge in [-0.2, -0.15) is 5.10 Å². The summed E-state index contributed by atoms with van der Waals surface area (Å²) in [5.41, 5.74) is 2.90. The van der Waals surface area contributed by atoms with E-state index in [9.17, 15) is 14.0 Å². The van der Waals surface area contributed by atoms with Gasteiger partial charge >= 0.3 is 6.03 Å². The second kappa shape index (κ2) is 9.11. The maximum Gasteiger partial charge on any atom is 0.325 e. The molecule has 182 valence electrons. The number of rotatable bonds is 5. The summed E-state index contributed by atoms with van der Waals surface area (Å²) in [6, 6.07) is 22.0. The van der Waals surface area contributed by atoms with Gasteiger partial charge in [0, 0.05) is 25.0 Å². The van der Waals surface area contributed by atoms with Crippen LogP contribution in [0.1, 0.15) is 24.4 Å². The maximum absolute atomic E-state index is 14.4. The lowest BCUT2D eigenvalue weighted by Gasteiger charge is -2.27. The van der Waals surface area contributed by atoms with Gasteiger partial charge in [0.2, 0.25) is 5.91 Å². The number of carbonyl (C=O) groups is 2. The summed E-state index contributed by atoms with van der Waals surface area (Å²) >= 11 is 0. The van der Waals surface area contributed by atoms with Crippen LogP contribution in [0.15, 0.2) is 79.0 Å². The monoisotopic (exact) mass is 483 g/mol. The van der Waals surface area contributed by atoms with Gasteiger partial charge in [0.25, 0.3) is 0 Å². The molecule has 0 unspecified atom stereocenters. The minimum atomic E-state index is -0.370. The Morgan fingerprint density at radius 2 is 1.69 bits per heavy atom. The fourth-order valence-corrected chi connectivity index (χ4v) is 5.38. The fourth-order valence-electron chi connectivity index (χ4n) is 5.38. The molecule has 1 aromatic heterocycles. The molecule has 0 spiro atoms. The van der Waals surface area contributed by atoms with E-state index in [4.69, 9.17) is 0 Å². The molecule has 2 saturated heterocycles. The SMILES string of the molecule is O=C1N(CC(=O)N2CCC[C@@H]2c2ccccc2)CCN1c1cccc2c1cnn2-c1ccccc1F. The van der Waals surface area contributed by atoms with Crippen molar-refractivity contribution in [1.29, 1.82) is 0 Å². The van der Waals surface area contributed by atoms with Crippen molar-refractivity contribution in [3.8, 4) is 5.69 Å². The summed E-state index contributed by atoms with van der Waals surface area (Å²) < 4.78 is 16.0. The summed E-state index contributed by atoms with van der Waals surface area (Å²) in [6.07, 6.45) is 3.55. The van der Waals surface area contributed by atoms with E-state index in [0.29, 0.717) is 36.5 Å². The summed E-state index contributed by atoms with van der Waals surface area (Å²) in [5, 5.41) is 5.16. The Hall–Kier alpha value is -4.20. The van der Waals surface area contributed by atoms with E-state index in [1.54, 1.807) is 38.9 Å². The topological polar surface area (TPSA) is 61.7 Å². The van der Waals surface area contributed by atoms with Crippen molar-refractivity contribution >= 4 is 28.5 Å². The highest BCUT2D eigenvalue weighted by molar-refractivity contribution is 6.04. The van der Waals surface area contributed by atoms with Crippen LogP contribution >= 0.6 is 0 Å². The van der Waals surface area contributed by atoms with Crippen molar-refractivity contribution in [3.63, 3.8) is 0 Å². The maximum atomic E-state index is 14.4. The number of para-hydroxylation sites is 1. The third-order valence-electron chi connectivity index (χ3n) is 7.14. The zero-order chi connectivity index (χ0) is 24.6. The Morgan fingerprint density at radius 3 is 2.53 bits per heavy atom. The van der Waals surface area contributed by atoms with E-state index in [1.807, 2.05) is 41.3 Å². The molecule has 0 radical (unpaired) electrons. The lowest BCUT2D eigenvalue weighted by molar-refractivity contribution is -0.132. The zero-order valence-electron chi connectivity index (χ0n) is 19.8. The minimum absolute atomic E-state index is 0.0258. The number of benzene rings is 3. The van der Waals surface area contributed by atoms with E-state index in [1.165, 1.54) is 6.07 Å². The van der Waals surface area contributed by atoms with Gasteiger partial charge in [-0.05, 0) is 42.7 Å². The first-order chi connectivity index (χ1) is 17.6. The first-order valence-corrected chi connectivity index (χ1v) is 12.2. The molecule has 0 bridgehead atoms. The van der Waals surface area contributed by atoms with Crippen molar-refractivity contribution in [1.82, 2.24) is 19.6 Å². The Kier molecular flexibility index (Phi) is 5.64. The molecule has 3 heterocycles. The highest BCUT2D eigenvalue weighted by atomic mass is 19.1. The van der Waals surface area contributed by atoms with Gasteiger partial charge in [-0.1, -0.05) is 48.5 Å². The lowest BCUT2D eigenvalue weighted by atomic mass is 10.0. The molecule has 4 aromatic rings. The third kappa shape index (κ3) is 3.79. The van der Waals surface area contributed by atoms with Crippen LogP contribution in [-0.2, 0) is 4.79 Å². The average molecular weight is 484 g/mol. The number of fused-ring (bicyclic) bond motifs is 1. The van der Waals surface area contributed by atoms with Gasteiger partial charge in [0.15, 0.2) is 0 Å². The highest BCUT2D eigenvalue weighted by Gasteiger charge is 2.36. The molecule has 2 aliphatic rings. The molecule has 3 amide bonds. The van der Waals surface area contributed by atoms with Crippen molar-refractivity contribution in [2.75, 3.05) is 31.1 Å². The number of nitrogens with zero attached hydrogens (tertiary/aromatic N) is 5. The van der Waals surface area contributed by atoms with Crippen molar-refractivity contribution in [3.05, 3.63) is 90.4 Å². The quantitative estimate of drug-likeness (QED) is 0.411. The van der Waals surface area contributed by atoms with Gasteiger partial charge in [0.1, 0.15) is 18.0 Å². The molecule has 2 aliphatic heterocycles. The molecule has 2 fully saturated rings. The standard InChI is InChI=1S/C28H26FN5O2/c29-22-10-4-5-11-26(22)34-25-13-6-12-24(21(25)18-30-34)33-17-16-31(28(33)36)19-27(35)32-15-7-14-23(32)20-8-2-1-3-9-20/h1-6,8-13,18,23H,7,14-17,19H2/t23-/m1/s1. The summed E-state index contributed by atoms with van der Waals surface area (Å²) in [4.78, 5) is 31.8. The van der Waals surface area contributed by atoms with E-state index < -0.39 is 0 Å². The first-order valence-electron chi connectivity index (χ1n) is 12.2. The van der Waals surface area contributed by atoms with Gasteiger partial charge in [-0.25, -0.2) is 13.9 Å². The molecular formula is C28H26FN5O2. The van der Waals surface area contributed by atoms with Crippen LogP contribution in [0.3, 0.4) is 0 Å². The van der Waals surface area contributed by atoms with Crippen LogP contribution in [0.25, 0.3) is 16.6 Å². The van der Waals surface area contributed by atoms with Crippen molar-refractivity contribution < 1.29 is 14.0 Å². The second-order valence-electron chi connectivity index (χ2n) is 9.23. The van der Waals surface area contributed by atoms with Gasteiger partial charge in [-0.3, -0.25) is 9.69 Å². The number of urea groups is 1. The Morgan fingerprint density at radius 1 is 0.917 bits per heavy atom. The molecule has 8 heteroatoms. The molecule has 6 rings (SSSR count). The van der Waals surface area contributed by atoms with E-state index in [-0.39, 0.29) is 30.3 Å². The van der Waals surface area contributed by atoms with Crippen LogP contribution in [0.5, 0.6) is 0 Å². The Balaban J connectivity index is 1.22. The molecule has 36 heavy (non-hydrogen) atoms. The molecule has 0 aliphatic carbocycles. The number of aromatic nitrogens is 2. The number of carbonyl (C=O) groups excluding carboxylic acids is 2. The van der Waals surface area contributed by atoms with E-state index in [0.717, 1.165) is 23.8 Å². The predicted molar refractivity (Wildman–Crippen MR) is 135 cm³/mol. The Labute approximate surface area is 208 Å². The van der Waals surface area contributed by atoms with Crippen LogP contribution in [0.2, 0.25) is 0 Å². The van der Waals surface area contributed by atoms with E-state index >= 15 is 0 Å². The van der Waals surface area contributed by atoms with Crippen LogP contribution in [0, 0.1) is 5.82 Å². The normalized spacial score (nSPS) is 18.0. The largest absolute Gasteiger partial charge is 0.334 e. The lowest BCUT2D eigenvalue weighted by Crippen LogP contribution is -2.42. The number of hydrogen-bond donors (Lipinski definition) is 0. The molecule has 0 saturated carbocycles. The van der Waals surface area contributed by atoms with Crippen molar-refractivity contribution in [2.45, 2.75) is 18.9 Å². The molecular weight excluding hydrogens is 457 g/mol. The number of anilines is 1. The fraction of sp³-hybridized carbons (Fsp3) is 0.250. The Bertz CT molecular complexity index is 1440. The number of likely N-dealkylation sites (tertiary alicyclic amines) is 1. The predicted octanol–water partition coefficient (Wildman–Crippen LogP) is 4.77. The highest BCUT2D eigenvalue weighted by Crippen LogP contribution is 2.33. The number of amides is 3. The molecule has 0 N–H and O–H groups in total. The van der Waals surface area contributed by atoms with Gasteiger partial charge in [0.05, 0.1) is 23.4 Å². The smallest absolute Gasteiger partial charge is 0.325 e. The third-order valence-corrected chi connectivity index (χ3v) is 7.14.